The molecule has 0 aliphatic carbocycles. The summed E-state index contributed by atoms with van der Waals surface area (Å²) < 4.78 is 18.1. The summed E-state index contributed by atoms with van der Waals surface area (Å²) in [6, 6.07) is 6.65. The molecule has 1 saturated heterocycles. The molecule has 3 nitrogen and oxygen atoms in total. The second kappa shape index (κ2) is 5.21. The van der Waals surface area contributed by atoms with Crippen molar-refractivity contribution < 1.29 is 9.13 Å². The third-order valence-electron chi connectivity index (χ3n) is 2.41. The first-order valence-corrected chi connectivity index (χ1v) is 5.15. The van der Waals surface area contributed by atoms with Gasteiger partial charge in [0, 0.05) is 19.6 Å². The van der Waals surface area contributed by atoms with Gasteiger partial charge in [-0.15, -0.1) is 0 Å². The van der Waals surface area contributed by atoms with Crippen LogP contribution in [0.4, 0.5) is 4.39 Å². The maximum atomic E-state index is 12.9. The normalized spacial score (nSPS) is 17.9. The Morgan fingerprint density at radius 2 is 2.13 bits per heavy atom. The van der Waals surface area contributed by atoms with Crippen LogP contribution >= 0.6 is 0 Å². The molecular weight excluding hydrogens is 195 g/mol. The van der Waals surface area contributed by atoms with Crippen LogP contribution in [-0.2, 0) is 11.3 Å². The van der Waals surface area contributed by atoms with Gasteiger partial charge in [0.25, 0.3) is 0 Å². The van der Waals surface area contributed by atoms with E-state index >= 15 is 0 Å². The molecule has 0 unspecified atom stereocenters. The number of hydrazine groups is 1. The lowest BCUT2D eigenvalue weighted by Gasteiger charge is -2.27. The quantitative estimate of drug-likeness (QED) is 0.810. The minimum absolute atomic E-state index is 0.184. The second-order valence-corrected chi connectivity index (χ2v) is 3.56. The second-order valence-electron chi connectivity index (χ2n) is 3.56. The van der Waals surface area contributed by atoms with Gasteiger partial charge in [-0.1, -0.05) is 12.1 Å². The van der Waals surface area contributed by atoms with Gasteiger partial charge in [0.2, 0.25) is 0 Å². The van der Waals surface area contributed by atoms with Crippen LogP contribution in [0.5, 0.6) is 0 Å². The van der Waals surface area contributed by atoms with Crippen LogP contribution < -0.4 is 5.43 Å². The number of hydrogen-bond acceptors (Lipinski definition) is 3. The van der Waals surface area contributed by atoms with Crippen LogP contribution in [0.3, 0.4) is 0 Å². The molecule has 82 valence electrons. The molecule has 1 aromatic rings. The Labute approximate surface area is 88.8 Å². The maximum absolute atomic E-state index is 12.9. The van der Waals surface area contributed by atoms with Crippen molar-refractivity contribution >= 4 is 0 Å². The molecule has 0 spiro atoms. The third kappa shape index (κ3) is 3.27. The van der Waals surface area contributed by atoms with E-state index in [1.54, 1.807) is 12.1 Å². The van der Waals surface area contributed by atoms with Gasteiger partial charge < -0.3 is 4.74 Å². The lowest BCUT2D eigenvalue weighted by Crippen LogP contribution is -2.45. The first kappa shape index (κ1) is 10.5. The number of nitrogens with zero attached hydrogens (tertiary/aromatic N) is 1. The van der Waals surface area contributed by atoms with Crippen molar-refractivity contribution in [2.24, 2.45) is 0 Å². The topological polar surface area (TPSA) is 24.5 Å². The molecule has 1 heterocycles. The highest BCUT2D eigenvalue weighted by Gasteiger charge is 2.08. The fourth-order valence-corrected chi connectivity index (χ4v) is 1.57. The minimum Gasteiger partial charge on any atom is -0.379 e. The highest BCUT2D eigenvalue weighted by molar-refractivity contribution is 5.15. The molecule has 0 radical (unpaired) electrons. The maximum Gasteiger partial charge on any atom is 0.123 e. The number of ether oxygens (including phenoxy) is 1. The Bertz CT molecular complexity index is 313. The third-order valence-corrected chi connectivity index (χ3v) is 2.41. The molecule has 0 amide bonds. The monoisotopic (exact) mass is 210 g/mol. The lowest BCUT2D eigenvalue weighted by atomic mass is 10.2. The predicted molar refractivity (Wildman–Crippen MR) is 55.6 cm³/mol. The number of halogens is 1. The van der Waals surface area contributed by atoms with E-state index in [9.17, 15) is 4.39 Å². The first-order valence-electron chi connectivity index (χ1n) is 5.15. The van der Waals surface area contributed by atoms with Crippen LogP contribution in [0.15, 0.2) is 24.3 Å². The molecule has 2 rings (SSSR count). The van der Waals surface area contributed by atoms with Gasteiger partial charge >= 0.3 is 0 Å². The van der Waals surface area contributed by atoms with Crippen LogP contribution in [0.25, 0.3) is 0 Å². The first-order chi connectivity index (χ1) is 7.34. The summed E-state index contributed by atoms with van der Waals surface area (Å²) >= 11 is 0. The van der Waals surface area contributed by atoms with Crippen molar-refractivity contribution in [1.82, 2.24) is 10.4 Å². The van der Waals surface area contributed by atoms with E-state index in [1.807, 2.05) is 6.07 Å². The number of rotatable bonds is 3. The van der Waals surface area contributed by atoms with E-state index in [2.05, 4.69) is 10.4 Å². The Morgan fingerprint density at radius 1 is 1.33 bits per heavy atom. The summed E-state index contributed by atoms with van der Waals surface area (Å²) in [7, 11) is 0. The molecule has 0 saturated carbocycles. The summed E-state index contributed by atoms with van der Waals surface area (Å²) in [6.45, 7) is 3.95. The van der Waals surface area contributed by atoms with E-state index in [4.69, 9.17) is 4.74 Å². The van der Waals surface area contributed by atoms with Crippen LogP contribution in [-0.4, -0.2) is 31.3 Å². The van der Waals surface area contributed by atoms with Crippen LogP contribution in [0.1, 0.15) is 5.56 Å². The average molecular weight is 210 g/mol. The van der Waals surface area contributed by atoms with Crippen molar-refractivity contribution in [3.8, 4) is 0 Å². The van der Waals surface area contributed by atoms with Gasteiger partial charge in [-0.3, -0.25) is 5.43 Å². The lowest BCUT2D eigenvalue weighted by molar-refractivity contribution is 0.0105. The van der Waals surface area contributed by atoms with Crippen LogP contribution in [0.2, 0.25) is 0 Å². The van der Waals surface area contributed by atoms with E-state index < -0.39 is 0 Å². The molecule has 1 aliphatic rings. The number of morpholine rings is 1. The highest BCUT2D eigenvalue weighted by atomic mass is 19.1. The fraction of sp³-hybridized carbons (Fsp3) is 0.455. The molecule has 15 heavy (non-hydrogen) atoms. The van der Waals surface area contributed by atoms with Crippen molar-refractivity contribution in [2.45, 2.75) is 6.54 Å². The van der Waals surface area contributed by atoms with Crippen LogP contribution in [0, 0.1) is 5.82 Å². The van der Waals surface area contributed by atoms with Gasteiger partial charge in [-0.25, -0.2) is 9.40 Å². The zero-order chi connectivity index (χ0) is 10.5. The van der Waals surface area contributed by atoms with Gasteiger partial charge in [0.05, 0.1) is 13.2 Å². The Balaban J connectivity index is 1.81. The Hall–Kier alpha value is -0.970. The Kier molecular flexibility index (Phi) is 3.66. The van der Waals surface area contributed by atoms with Crippen molar-refractivity contribution in [3.63, 3.8) is 0 Å². The summed E-state index contributed by atoms with van der Waals surface area (Å²) in [4.78, 5) is 0. The molecule has 0 atom stereocenters. The van der Waals surface area contributed by atoms with E-state index in [-0.39, 0.29) is 5.82 Å². The van der Waals surface area contributed by atoms with Gasteiger partial charge in [-0.2, -0.15) is 0 Å². The predicted octanol–water partition coefficient (Wildman–Crippen LogP) is 1.16. The largest absolute Gasteiger partial charge is 0.379 e. The zero-order valence-electron chi connectivity index (χ0n) is 8.58. The van der Waals surface area contributed by atoms with Gasteiger partial charge in [-0.05, 0) is 17.7 Å². The smallest absolute Gasteiger partial charge is 0.123 e. The summed E-state index contributed by atoms with van der Waals surface area (Å²) in [5, 5.41) is 2.11. The SMILES string of the molecule is Fc1cccc(CNN2CCOCC2)c1. The summed E-state index contributed by atoms with van der Waals surface area (Å²) in [5.74, 6) is -0.184. The molecule has 0 aromatic heterocycles. The number of nitrogens with one attached hydrogen (secondary N) is 1. The van der Waals surface area contributed by atoms with E-state index in [0.29, 0.717) is 6.54 Å². The van der Waals surface area contributed by atoms with Crippen molar-refractivity contribution in [3.05, 3.63) is 35.6 Å². The molecule has 1 fully saturated rings. The number of benzene rings is 1. The molecule has 0 bridgehead atoms. The Morgan fingerprint density at radius 3 is 2.87 bits per heavy atom. The average Bonchev–Trinajstić information content (AvgIpc) is 2.28. The van der Waals surface area contributed by atoms with Crippen molar-refractivity contribution in [2.75, 3.05) is 26.3 Å². The molecule has 1 aliphatic heterocycles. The zero-order valence-corrected chi connectivity index (χ0v) is 8.58. The van der Waals surface area contributed by atoms with Gasteiger partial charge in [0.1, 0.15) is 5.82 Å². The fourth-order valence-electron chi connectivity index (χ4n) is 1.57. The summed E-state index contributed by atoms with van der Waals surface area (Å²) in [5.41, 5.74) is 4.21. The molecule has 4 heteroatoms. The standard InChI is InChI=1S/C11H15FN2O/c12-11-3-1-2-10(8-11)9-13-14-4-6-15-7-5-14/h1-3,8,13H,4-7,9H2. The van der Waals surface area contributed by atoms with E-state index in [0.717, 1.165) is 31.9 Å². The summed E-state index contributed by atoms with van der Waals surface area (Å²) in [6.07, 6.45) is 0. The highest BCUT2D eigenvalue weighted by Crippen LogP contribution is 2.03. The van der Waals surface area contributed by atoms with Gasteiger partial charge in [0.15, 0.2) is 0 Å². The van der Waals surface area contributed by atoms with E-state index in [1.165, 1.54) is 6.07 Å². The molecular formula is C11H15FN2O. The minimum atomic E-state index is -0.184. The van der Waals surface area contributed by atoms with Crippen molar-refractivity contribution in [1.29, 1.82) is 0 Å². The molecule has 1 N–H and O–H groups in total. The number of hydrogen-bond donors (Lipinski definition) is 1. The molecule has 1 aromatic carbocycles.